The summed E-state index contributed by atoms with van der Waals surface area (Å²) in [7, 11) is 3.02. The maximum atomic E-state index is 12.8. The molecule has 2 N–H and O–H groups in total. The molecule has 2 aromatic rings. The van der Waals surface area contributed by atoms with E-state index < -0.39 is 11.5 Å². The third-order valence-electron chi connectivity index (χ3n) is 5.56. The number of pyridine rings is 1. The van der Waals surface area contributed by atoms with Crippen LogP contribution in [-0.4, -0.2) is 49.8 Å². The Kier molecular flexibility index (Phi) is 5.10. The highest BCUT2D eigenvalue weighted by Crippen LogP contribution is 2.44. The predicted molar refractivity (Wildman–Crippen MR) is 105 cm³/mol. The normalized spacial score (nSPS) is 21.9. The summed E-state index contributed by atoms with van der Waals surface area (Å²) in [6, 6.07) is 8.74. The average molecular weight is 397 g/mol. The SMILES string of the molecule is CNC(=O)c1cc(C(=O)N[C@H]2[C@@H]3COC[C@@H]32)cn(Cc2cccc(OC)c2)c1=O. The molecule has 1 aromatic carbocycles. The number of amides is 2. The number of ether oxygens (including phenoxy) is 2. The number of carbonyl (C=O) groups excluding carboxylic acids is 2. The summed E-state index contributed by atoms with van der Waals surface area (Å²) < 4.78 is 12.0. The van der Waals surface area contributed by atoms with Gasteiger partial charge in [0.2, 0.25) is 0 Å². The Morgan fingerprint density at radius 2 is 1.97 bits per heavy atom. The van der Waals surface area contributed by atoms with E-state index in [1.54, 1.807) is 7.11 Å². The highest BCUT2D eigenvalue weighted by Gasteiger charge is 2.54. The summed E-state index contributed by atoms with van der Waals surface area (Å²) in [5, 5.41) is 5.46. The lowest BCUT2D eigenvalue weighted by atomic mass is 10.1. The minimum absolute atomic E-state index is 0.0672. The molecule has 0 bridgehead atoms. The molecule has 3 atom stereocenters. The fourth-order valence-corrected chi connectivity index (χ4v) is 3.83. The van der Waals surface area contributed by atoms with E-state index in [2.05, 4.69) is 10.6 Å². The Hall–Kier alpha value is -3.13. The zero-order valence-corrected chi connectivity index (χ0v) is 16.3. The molecule has 152 valence electrons. The van der Waals surface area contributed by atoms with Gasteiger partial charge in [-0.3, -0.25) is 14.4 Å². The van der Waals surface area contributed by atoms with Gasteiger partial charge in [-0.2, -0.15) is 0 Å². The van der Waals surface area contributed by atoms with E-state index in [0.29, 0.717) is 30.8 Å². The Bertz CT molecular complexity index is 1010. The van der Waals surface area contributed by atoms with Gasteiger partial charge in [-0.05, 0) is 23.8 Å². The van der Waals surface area contributed by atoms with Gasteiger partial charge in [0, 0.05) is 31.1 Å². The molecule has 2 fully saturated rings. The standard InChI is InChI=1S/C21H23N3O5/c1-22-20(26)15-7-13(19(25)23-18-16-10-29-11-17(16)18)9-24(21(15)27)8-12-4-3-5-14(6-12)28-2/h3-7,9,16-18H,8,10-11H2,1-2H3,(H,22,26)(H,23,25)/t16-,17+,18+. The molecule has 29 heavy (non-hydrogen) atoms. The first-order valence-corrected chi connectivity index (χ1v) is 9.50. The lowest BCUT2D eigenvalue weighted by Crippen LogP contribution is -2.35. The first-order chi connectivity index (χ1) is 14.0. The van der Waals surface area contributed by atoms with Gasteiger partial charge in [0.05, 0.1) is 32.4 Å². The Labute approximate surface area is 167 Å². The van der Waals surface area contributed by atoms with Crippen molar-refractivity contribution in [1.29, 1.82) is 0 Å². The van der Waals surface area contributed by atoms with Crippen LogP contribution in [0.4, 0.5) is 0 Å². The van der Waals surface area contributed by atoms with Gasteiger partial charge in [0.15, 0.2) is 0 Å². The van der Waals surface area contributed by atoms with Crippen molar-refractivity contribution in [3.63, 3.8) is 0 Å². The molecule has 0 spiro atoms. The molecule has 2 heterocycles. The lowest BCUT2D eigenvalue weighted by molar-refractivity contribution is 0.0928. The second kappa shape index (κ2) is 7.71. The van der Waals surface area contributed by atoms with E-state index in [4.69, 9.17) is 9.47 Å². The second-order valence-electron chi connectivity index (χ2n) is 7.37. The molecule has 1 aromatic heterocycles. The van der Waals surface area contributed by atoms with Gasteiger partial charge >= 0.3 is 0 Å². The van der Waals surface area contributed by atoms with Gasteiger partial charge in [-0.1, -0.05) is 12.1 Å². The quantitative estimate of drug-likeness (QED) is 0.745. The zero-order chi connectivity index (χ0) is 20.5. The summed E-state index contributed by atoms with van der Waals surface area (Å²) in [6.07, 6.45) is 1.50. The van der Waals surface area contributed by atoms with Crippen LogP contribution in [0.5, 0.6) is 5.75 Å². The van der Waals surface area contributed by atoms with E-state index in [1.807, 2.05) is 24.3 Å². The van der Waals surface area contributed by atoms with E-state index in [9.17, 15) is 14.4 Å². The minimum Gasteiger partial charge on any atom is -0.497 e. The first kappa shape index (κ1) is 19.2. The molecule has 2 amide bonds. The van der Waals surface area contributed by atoms with Gasteiger partial charge in [-0.15, -0.1) is 0 Å². The highest BCUT2D eigenvalue weighted by molar-refractivity contribution is 5.99. The fourth-order valence-electron chi connectivity index (χ4n) is 3.83. The third-order valence-corrected chi connectivity index (χ3v) is 5.56. The number of aromatic nitrogens is 1. The molecule has 0 radical (unpaired) electrons. The number of carbonyl (C=O) groups is 2. The highest BCUT2D eigenvalue weighted by atomic mass is 16.5. The molecule has 8 nitrogen and oxygen atoms in total. The van der Waals surface area contributed by atoms with E-state index in [0.717, 1.165) is 5.56 Å². The summed E-state index contributed by atoms with van der Waals surface area (Å²) >= 11 is 0. The van der Waals surface area contributed by atoms with Crippen LogP contribution in [0.25, 0.3) is 0 Å². The first-order valence-electron chi connectivity index (χ1n) is 9.50. The molecule has 2 aliphatic rings. The molecular weight excluding hydrogens is 374 g/mol. The van der Waals surface area contributed by atoms with Gasteiger partial charge in [-0.25, -0.2) is 0 Å². The molecule has 1 saturated carbocycles. The summed E-state index contributed by atoms with van der Waals surface area (Å²) in [4.78, 5) is 37.8. The number of nitrogens with zero attached hydrogens (tertiary/aromatic N) is 1. The number of methoxy groups -OCH3 is 1. The van der Waals surface area contributed by atoms with Crippen LogP contribution in [-0.2, 0) is 11.3 Å². The van der Waals surface area contributed by atoms with Gasteiger partial charge in [0.1, 0.15) is 11.3 Å². The summed E-state index contributed by atoms with van der Waals surface area (Å²) in [6.45, 7) is 1.53. The fraction of sp³-hybridized carbons (Fsp3) is 0.381. The number of nitrogens with one attached hydrogen (secondary N) is 2. The maximum Gasteiger partial charge on any atom is 0.263 e. The topological polar surface area (TPSA) is 98.7 Å². The van der Waals surface area contributed by atoms with Gasteiger partial charge < -0.3 is 24.7 Å². The van der Waals surface area contributed by atoms with Crippen LogP contribution >= 0.6 is 0 Å². The number of benzene rings is 1. The lowest BCUT2D eigenvalue weighted by Gasteiger charge is -2.13. The van der Waals surface area contributed by atoms with E-state index >= 15 is 0 Å². The van der Waals surface area contributed by atoms with Gasteiger partial charge in [0.25, 0.3) is 17.4 Å². The predicted octanol–water partition coefficient (Wildman–Crippen LogP) is 0.639. The van der Waals surface area contributed by atoms with Crippen LogP contribution in [0.15, 0.2) is 41.3 Å². The number of hydrogen-bond donors (Lipinski definition) is 2. The second-order valence-corrected chi connectivity index (χ2v) is 7.37. The average Bonchev–Trinajstić information content (AvgIpc) is 3.14. The van der Waals surface area contributed by atoms with E-state index in [1.165, 1.54) is 23.9 Å². The Morgan fingerprint density at radius 1 is 1.21 bits per heavy atom. The Morgan fingerprint density at radius 3 is 2.66 bits per heavy atom. The van der Waals surface area contributed by atoms with Crippen molar-refractivity contribution in [3.05, 3.63) is 63.6 Å². The minimum atomic E-state index is -0.527. The van der Waals surface area contributed by atoms with Crippen molar-refractivity contribution in [2.45, 2.75) is 12.6 Å². The van der Waals surface area contributed by atoms with Crippen LogP contribution < -0.4 is 20.9 Å². The largest absolute Gasteiger partial charge is 0.497 e. The monoisotopic (exact) mass is 397 g/mol. The van der Waals surface area contributed by atoms with E-state index in [-0.39, 0.29) is 29.6 Å². The van der Waals surface area contributed by atoms with Crippen molar-refractivity contribution >= 4 is 11.8 Å². The summed E-state index contributed by atoms with van der Waals surface area (Å²) in [5.41, 5.74) is 0.570. The molecule has 8 heteroatoms. The van der Waals surface area contributed by atoms with Crippen molar-refractivity contribution in [3.8, 4) is 5.75 Å². The van der Waals surface area contributed by atoms with Crippen molar-refractivity contribution in [2.24, 2.45) is 11.8 Å². The molecule has 1 aliphatic carbocycles. The number of rotatable bonds is 6. The molecule has 4 rings (SSSR count). The van der Waals surface area contributed by atoms with Crippen LogP contribution in [0.3, 0.4) is 0 Å². The zero-order valence-electron chi connectivity index (χ0n) is 16.3. The van der Waals surface area contributed by atoms with Crippen molar-refractivity contribution < 1.29 is 19.1 Å². The smallest absolute Gasteiger partial charge is 0.263 e. The van der Waals surface area contributed by atoms with Crippen molar-refractivity contribution in [1.82, 2.24) is 15.2 Å². The Balaban J connectivity index is 1.64. The van der Waals surface area contributed by atoms with Crippen LogP contribution in [0, 0.1) is 11.8 Å². The summed E-state index contributed by atoms with van der Waals surface area (Å²) in [5.74, 6) is 0.563. The van der Waals surface area contributed by atoms with Crippen LogP contribution in [0.2, 0.25) is 0 Å². The number of fused-ring (bicyclic) bond motifs is 1. The maximum absolute atomic E-state index is 12.8. The molecular formula is C21H23N3O5. The number of hydrogen-bond acceptors (Lipinski definition) is 5. The van der Waals surface area contributed by atoms with Crippen LogP contribution in [0.1, 0.15) is 26.3 Å². The third kappa shape index (κ3) is 3.75. The molecule has 1 aliphatic heterocycles. The van der Waals surface area contributed by atoms with Crippen molar-refractivity contribution in [2.75, 3.05) is 27.4 Å². The molecule has 1 saturated heterocycles. The molecule has 0 unspecified atom stereocenters.